The molecule has 3 aromatic rings. The summed E-state index contributed by atoms with van der Waals surface area (Å²) in [4.78, 5) is 23.7. The number of hydrogen-bond donors (Lipinski definition) is 3. The van der Waals surface area contributed by atoms with Crippen LogP contribution in [0.15, 0.2) is 65.8 Å². The molecule has 0 fully saturated rings. The molecule has 0 atom stereocenters. The van der Waals surface area contributed by atoms with Crippen molar-refractivity contribution in [2.24, 2.45) is 5.10 Å². The smallest absolute Gasteiger partial charge is 0.329 e. The summed E-state index contributed by atoms with van der Waals surface area (Å²) in [5.41, 5.74) is 3.42. The van der Waals surface area contributed by atoms with Crippen molar-refractivity contribution >= 4 is 40.4 Å². The Morgan fingerprint density at radius 3 is 2.52 bits per heavy atom. The summed E-state index contributed by atoms with van der Waals surface area (Å²) in [6.45, 7) is 0.192. The Hall–Kier alpha value is -3.38. The number of rotatable bonds is 4. The molecule has 0 unspecified atom stereocenters. The monoisotopic (exact) mass is 381 g/mol. The molecule has 0 heterocycles. The topological polar surface area (TPSA) is 90.8 Å². The number of carbonyl (C=O) groups excluding carboxylic acids is 2. The van der Waals surface area contributed by atoms with Gasteiger partial charge in [0.2, 0.25) is 0 Å². The lowest BCUT2D eigenvalue weighted by molar-refractivity contribution is -0.139. The van der Waals surface area contributed by atoms with Crippen molar-refractivity contribution in [1.82, 2.24) is 10.7 Å². The second-order valence-electron chi connectivity index (χ2n) is 5.73. The molecule has 7 heteroatoms. The van der Waals surface area contributed by atoms with E-state index in [2.05, 4.69) is 15.8 Å². The van der Waals surface area contributed by atoms with Crippen LogP contribution in [0.5, 0.6) is 5.75 Å². The lowest BCUT2D eigenvalue weighted by Gasteiger charge is -2.05. The Bertz CT molecular complexity index is 1020. The summed E-state index contributed by atoms with van der Waals surface area (Å²) in [5, 5.41) is 18.6. The molecule has 0 saturated carbocycles. The highest BCUT2D eigenvalue weighted by atomic mass is 35.5. The third kappa shape index (κ3) is 4.62. The number of fused-ring (bicyclic) bond motifs is 1. The van der Waals surface area contributed by atoms with Crippen LogP contribution in [0.1, 0.15) is 11.1 Å². The number of halogens is 1. The Kier molecular flexibility index (Phi) is 5.68. The first-order valence-electron chi connectivity index (χ1n) is 8.11. The van der Waals surface area contributed by atoms with Gasteiger partial charge in [0.05, 0.1) is 6.21 Å². The first-order valence-corrected chi connectivity index (χ1v) is 8.49. The van der Waals surface area contributed by atoms with Gasteiger partial charge in [0.25, 0.3) is 0 Å². The standard InChI is InChI=1S/C20H16ClN3O3/c21-15-8-5-13(6-9-15)11-22-19(26)20(27)24-23-12-17-16-4-2-1-3-14(16)7-10-18(17)25/h1-10,12,25H,11H2,(H,22,26)(H,24,27)/b23-12+. The SMILES string of the molecule is O=C(NCc1ccc(Cl)cc1)C(=O)N/N=C/c1c(O)ccc2ccccc12. The highest BCUT2D eigenvalue weighted by Crippen LogP contribution is 2.25. The van der Waals surface area contributed by atoms with Gasteiger partial charge in [-0.25, -0.2) is 5.43 Å². The highest BCUT2D eigenvalue weighted by Gasteiger charge is 2.12. The van der Waals surface area contributed by atoms with Crippen LogP contribution in [0.2, 0.25) is 5.02 Å². The molecule has 6 nitrogen and oxygen atoms in total. The highest BCUT2D eigenvalue weighted by molar-refractivity contribution is 6.35. The summed E-state index contributed by atoms with van der Waals surface area (Å²) in [5.74, 6) is -1.69. The van der Waals surface area contributed by atoms with Gasteiger partial charge >= 0.3 is 11.8 Å². The number of phenols is 1. The summed E-state index contributed by atoms with van der Waals surface area (Å²) < 4.78 is 0. The van der Waals surface area contributed by atoms with Crippen LogP contribution in [-0.4, -0.2) is 23.1 Å². The van der Waals surface area contributed by atoms with Gasteiger partial charge in [-0.1, -0.05) is 54.1 Å². The second kappa shape index (κ2) is 8.33. The third-order valence-electron chi connectivity index (χ3n) is 3.88. The Labute approximate surface area is 160 Å². The molecule has 0 aliphatic heterocycles. The first kappa shape index (κ1) is 18.4. The molecular weight excluding hydrogens is 366 g/mol. The quantitative estimate of drug-likeness (QED) is 0.368. The fraction of sp³-hybridized carbons (Fsp3) is 0.0500. The number of nitrogens with zero attached hydrogens (tertiary/aromatic N) is 1. The van der Waals surface area contributed by atoms with Crippen molar-refractivity contribution in [3.63, 3.8) is 0 Å². The van der Waals surface area contributed by atoms with Gasteiger partial charge < -0.3 is 10.4 Å². The van der Waals surface area contributed by atoms with Crippen molar-refractivity contribution < 1.29 is 14.7 Å². The zero-order valence-electron chi connectivity index (χ0n) is 14.1. The maximum Gasteiger partial charge on any atom is 0.329 e. The largest absolute Gasteiger partial charge is 0.507 e. The third-order valence-corrected chi connectivity index (χ3v) is 4.13. The van der Waals surface area contributed by atoms with Crippen LogP contribution in [-0.2, 0) is 16.1 Å². The normalized spacial score (nSPS) is 10.9. The number of hydrogen-bond acceptors (Lipinski definition) is 4. The Morgan fingerprint density at radius 1 is 1.00 bits per heavy atom. The molecular formula is C20H16ClN3O3. The fourth-order valence-corrected chi connectivity index (χ4v) is 2.62. The van der Waals surface area contributed by atoms with E-state index in [-0.39, 0.29) is 12.3 Å². The number of carbonyl (C=O) groups is 2. The van der Waals surface area contributed by atoms with E-state index in [1.807, 2.05) is 24.3 Å². The van der Waals surface area contributed by atoms with Crippen LogP contribution in [0.4, 0.5) is 0 Å². The molecule has 0 aromatic heterocycles. The molecule has 2 amide bonds. The average Bonchev–Trinajstić information content (AvgIpc) is 2.68. The molecule has 0 aliphatic carbocycles. The van der Waals surface area contributed by atoms with Crippen LogP contribution in [0, 0.1) is 0 Å². The first-order chi connectivity index (χ1) is 13.0. The maximum atomic E-state index is 11.8. The predicted octanol–water partition coefficient (Wildman–Crippen LogP) is 2.97. The fourth-order valence-electron chi connectivity index (χ4n) is 2.49. The van der Waals surface area contributed by atoms with E-state index in [4.69, 9.17) is 11.6 Å². The van der Waals surface area contributed by atoms with Crippen LogP contribution in [0.3, 0.4) is 0 Å². The van der Waals surface area contributed by atoms with Crippen LogP contribution >= 0.6 is 11.6 Å². The van der Waals surface area contributed by atoms with Gasteiger partial charge in [-0.15, -0.1) is 0 Å². The predicted molar refractivity (Wildman–Crippen MR) is 105 cm³/mol. The van der Waals surface area contributed by atoms with E-state index < -0.39 is 11.8 Å². The molecule has 0 bridgehead atoms. The Balaban J connectivity index is 1.61. The molecule has 0 radical (unpaired) electrons. The zero-order valence-corrected chi connectivity index (χ0v) is 14.9. The number of phenolic OH excluding ortho intramolecular Hbond substituents is 1. The lowest BCUT2D eigenvalue weighted by atomic mass is 10.0. The molecule has 3 rings (SSSR count). The van der Waals surface area contributed by atoms with Crippen LogP contribution < -0.4 is 10.7 Å². The summed E-state index contributed by atoms with van der Waals surface area (Å²) >= 11 is 5.79. The molecule has 0 spiro atoms. The van der Waals surface area contributed by atoms with E-state index >= 15 is 0 Å². The molecule has 27 heavy (non-hydrogen) atoms. The summed E-state index contributed by atoms with van der Waals surface area (Å²) in [6, 6.07) is 17.7. The summed E-state index contributed by atoms with van der Waals surface area (Å²) in [6.07, 6.45) is 1.31. The number of benzene rings is 3. The number of nitrogens with one attached hydrogen (secondary N) is 2. The average molecular weight is 382 g/mol. The zero-order chi connectivity index (χ0) is 19.2. The van der Waals surface area contributed by atoms with Gasteiger partial charge in [0.15, 0.2) is 0 Å². The molecule has 3 N–H and O–H groups in total. The molecule has 3 aromatic carbocycles. The van der Waals surface area contributed by atoms with E-state index in [1.165, 1.54) is 6.21 Å². The summed E-state index contributed by atoms with van der Waals surface area (Å²) in [7, 11) is 0. The number of aromatic hydroxyl groups is 1. The number of hydrazone groups is 1. The van der Waals surface area contributed by atoms with E-state index in [9.17, 15) is 14.7 Å². The Morgan fingerprint density at radius 2 is 1.74 bits per heavy atom. The second-order valence-corrected chi connectivity index (χ2v) is 6.16. The van der Waals surface area contributed by atoms with Gasteiger partial charge in [-0.05, 0) is 34.5 Å². The molecule has 0 aliphatic rings. The van der Waals surface area contributed by atoms with E-state index in [1.54, 1.807) is 36.4 Å². The van der Waals surface area contributed by atoms with Crippen molar-refractivity contribution in [3.05, 3.63) is 76.8 Å². The minimum Gasteiger partial charge on any atom is -0.507 e. The number of amides is 2. The molecule has 136 valence electrons. The van der Waals surface area contributed by atoms with Crippen molar-refractivity contribution in [2.75, 3.05) is 0 Å². The van der Waals surface area contributed by atoms with Gasteiger partial charge in [-0.2, -0.15) is 5.10 Å². The lowest BCUT2D eigenvalue weighted by Crippen LogP contribution is -2.37. The van der Waals surface area contributed by atoms with Crippen LogP contribution in [0.25, 0.3) is 10.8 Å². The van der Waals surface area contributed by atoms with E-state index in [0.717, 1.165) is 16.3 Å². The van der Waals surface area contributed by atoms with Crippen molar-refractivity contribution in [1.29, 1.82) is 0 Å². The van der Waals surface area contributed by atoms with Gasteiger partial charge in [0.1, 0.15) is 5.75 Å². The van der Waals surface area contributed by atoms with E-state index in [0.29, 0.717) is 10.6 Å². The minimum atomic E-state index is -0.903. The maximum absolute atomic E-state index is 11.8. The van der Waals surface area contributed by atoms with Crippen molar-refractivity contribution in [3.8, 4) is 5.75 Å². The minimum absolute atomic E-state index is 0.0267. The van der Waals surface area contributed by atoms with Gasteiger partial charge in [-0.3, -0.25) is 9.59 Å². The molecule has 0 saturated heterocycles. The van der Waals surface area contributed by atoms with Gasteiger partial charge in [0, 0.05) is 17.1 Å². The van der Waals surface area contributed by atoms with Crippen molar-refractivity contribution in [2.45, 2.75) is 6.54 Å².